The van der Waals surface area contributed by atoms with Crippen LogP contribution in [0.25, 0.3) is 10.4 Å². The molecule has 0 saturated carbocycles. The maximum atomic E-state index is 11.7. The van der Waals surface area contributed by atoms with Gasteiger partial charge in [0.05, 0.1) is 12.7 Å². The number of ether oxygens (including phenoxy) is 2. The summed E-state index contributed by atoms with van der Waals surface area (Å²) in [5.74, 6) is 0.874. The Balaban J connectivity index is 1.88. The fraction of sp³-hybridized carbons (Fsp3) is 0.118. The third-order valence-corrected chi connectivity index (χ3v) is 4.12. The molecule has 0 aliphatic heterocycles. The molecule has 0 aliphatic carbocycles. The number of hydrogen-bond donors (Lipinski definition) is 0. The van der Waals surface area contributed by atoms with Gasteiger partial charge in [-0.1, -0.05) is 6.07 Å². The lowest BCUT2D eigenvalue weighted by Gasteiger charge is -2.09. The second kappa shape index (κ2) is 6.58. The first-order valence-electron chi connectivity index (χ1n) is 6.90. The number of hydrogen-bond acceptors (Lipinski definition) is 6. The Labute approximate surface area is 137 Å². The average molecular weight is 326 g/mol. The van der Waals surface area contributed by atoms with Crippen LogP contribution in [0.5, 0.6) is 17.5 Å². The summed E-state index contributed by atoms with van der Waals surface area (Å²) in [6.45, 7) is 1.48. The van der Waals surface area contributed by atoms with E-state index in [9.17, 15) is 4.79 Å². The van der Waals surface area contributed by atoms with Crippen LogP contribution in [0, 0.1) is 0 Å². The van der Waals surface area contributed by atoms with Gasteiger partial charge < -0.3 is 9.47 Å². The smallest absolute Gasteiger partial charge is 0.321 e. The zero-order chi connectivity index (χ0) is 16.2. The predicted molar refractivity (Wildman–Crippen MR) is 88.4 cm³/mol. The maximum absolute atomic E-state index is 11.7. The molecule has 2 aromatic heterocycles. The number of nitrogens with zero attached hydrogens (tertiary/aromatic N) is 2. The average Bonchev–Trinajstić information content (AvgIpc) is 3.09. The number of rotatable bonds is 5. The first kappa shape index (κ1) is 15.2. The topological polar surface area (TPSA) is 61.3 Å². The Kier molecular flexibility index (Phi) is 4.34. The SMILES string of the molecule is COc1ccc(C(C)=O)c(Oc2ncc(-c3cccs3)cn2)c1. The molecule has 0 radical (unpaired) electrons. The molecule has 0 aliphatic rings. The third-order valence-electron chi connectivity index (χ3n) is 3.20. The van der Waals surface area contributed by atoms with Gasteiger partial charge in [0.1, 0.15) is 11.5 Å². The zero-order valence-corrected chi connectivity index (χ0v) is 13.5. The number of carbonyl (C=O) groups is 1. The minimum Gasteiger partial charge on any atom is -0.497 e. The van der Waals surface area contributed by atoms with Crippen LogP contribution in [0.2, 0.25) is 0 Å². The van der Waals surface area contributed by atoms with Gasteiger partial charge in [-0.3, -0.25) is 4.79 Å². The molecule has 0 bridgehead atoms. The highest BCUT2D eigenvalue weighted by molar-refractivity contribution is 7.13. The third kappa shape index (κ3) is 3.37. The van der Waals surface area contributed by atoms with Crippen molar-refractivity contribution in [1.82, 2.24) is 9.97 Å². The standard InChI is InChI=1S/C17H14N2O3S/c1-11(20)14-6-5-13(21-2)8-15(14)22-17-18-9-12(10-19-17)16-4-3-7-23-16/h3-10H,1-2H3. The van der Waals surface area contributed by atoms with E-state index in [0.717, 1.165) is 10.4 Å². The fourth-order valence-corrected chi connectivity index (χ4v) is 2.74. The second-order valence-corrected chi connectivity index (χ2v) is 5.70. The van der Waals surface area contributed by atoms with E-state index in [1.165, 1.54) is 6.92 Å². The Morgan fingerprint density at radius 3 is 2.57 bits per heavy atom. The van der Waals surface area contributed by atoms with Crippen LogP contribution in [0.3, 0.4) is 0 Å². The predicted octanol–water partition coefficient (Wildman–Crippen LogP) is 4.21. The second-order valence-electron chi connectivity index (χ2n) is 4.75. The summed E-state index contributed by atoms with van der Waals surface area (Å²) >= 11 is 1.62. The molecular formula is C17H14N2O3S. The molecule has 0 spiro atoms. The summed E-state index contributed by atoms with van der Waals surface area (Å²) < 4.78 is 10.8. The van der Waals surface area contributed by atoms with Crippen molar-refractivity contribution in [2.24, 2.45) is 0 Å². The highest BCUT2D eigenvalue weighted by Crippen LogP contribution is 2.29. The lowest BCUT2D eigenvalue weighted by Crippen LogP contribution is -2.00. The van der Waals surface area contributed by atoms with Crippen LogP contribution in [-0.4, -0.2) is 22.9 Å². The van der Waals surface area contributed by atoms with E-state index >= 15 is 0 Å². The lowest BCUT2D eigenvalue weighted by atomic mass is 10.1. The van der Waals surface area contributed by atoms with Crippen LogP contribution in [0.1, 0.15) is 17.3 Å². The van der Waals surface area contributed by atoms with E-state index in [-0.39, 0.29) is 11.8 Å². The van der Waals surface area contributed by atoms with Crippen LogP contribution >= 0.6 is 11.3 Å². The van der Waals surface area contributed by atoms with Gasteiger partial charge in [-0.25, -0.2) is 9.97 Å². The van der Waals surface area contributed by atoms with E-state index in [2.05, 4.69) is 9.97 Å². The van der Waals surface area contributed by atoms with Gasteiger partial charge in [-0.05, 0) is 30.5 Å². The molecular weight excluding hydrogens is 312 g/mol. The van der Waals surface area contributed by atoms with Crippen molar-refractivity contribution in [3.63, 3.8) is 0 Å². The molecule has 0 N–H and O–H groups in total. The van der Waals surface area contributed by atoms with Gasteiger partial charge in [0.2, 0.25) is 0 Å². The summed E-state index contributed by atoms with van der Waals surface area (Å²) in [7, 11) is 1.55. The normalized spacial score (nSPS) is 10.3. The van der Waals surface area contributed by atoms with Crippen LogP contribution in [0.15, 0.2) is 48.1 Å². The highest BCUT2D eigenvalue weighted by Gasteiger charge is 2.12. The van der Waals surface area contributed by atoms with E-state index in [1.54, 1.807) is 49.0 Å². The molecule has 0 fully saturated rings. The Bertz CT molecular complexity index is 814. The number of methoxy groups -OCH3 is 1. The molecule has 0 saturated heterocycles. The summed E-state index contributed by atoms with van der Waals surface area (Å²) in [5, 5.41) is 2.00. The van der Waals surface area contributed by atoms with Gasteiger partial charge in [-0.15, -0.1) is 11.3 Å². The molecule has 23 heavy (non-hydrogen) atoms. The molecule has 1 aromatic carbocycles. The quantitative estimate of drug-likeness (QED) is 0.657. The van der Waals surface area contributed by atoms with Gasteiger partial charge in [0.15, 0.2) is 5.78 Å². The van der Waals surface area contributed by atoms with Crippen LogP contribution in [0.4, 0.5) is 0 Å². The minimum absolute atomic E-state index is 0.0992. The Hall–Kier alpha value is -2.73. The lowest BCUT2D eigenvalue weighted by molar-refractivity contribution is 0.101. The zero-order valence-electron chi connectivity index (χ0n) is 12.6. The molecule has 3 aromatic rings. The molecule has 6 heteroatoms. The number of Topliss-reactive ketones (excluding diaryl/α,β-unsaturated/α-hetero) is 1. The van der Waals surface area contributed by atoms with E-state index in [0.29, 0.717) is 17.1 Å². The number of benzene rings is 1. The molecule has 0 atom stereocenters. The summed E-state index contributed by atoms with van der Waals surface area (Å²) in [6, 6.07) is 9.18. The summed E-state index contributed by atoms with van der Waals surface area (Å²) in [6.07, 6.45) is 3.39. The first-order valence-corrected chi connectivity index (χ1v) is 7.78. The molecule has 3 rings (SSSR count). The molecule has 2 heterocycles. The van der Waals surface area contributed by atoms with Crippen molar-refractivity contribution in [2.45, 2.75) is 6.92 Å². The van der Waals surface area contributed by atoms with E-state index < -0.39 is 0 Å². The number of thiophene rings is 1. The van der Waals surface area contributed by atoms with Gasteiger partial charge >= 0.3 is 6.01 Å². The van der Waals surface area contributed by atoms with Crippen molar-refractivity contribution in [3.05, 3.63) is 53.7 Å². The van der Waals surface area contributed by atoms with Crippen molar-refractivity contribution in [3.8, 4) is 28.0 Å². The summed E-state index contributed by atoms with van der Waals surface area (Å²) in [4.78, 5) is 21.2. The van der Waals surface area contributed by atoms with Crippen molar-refractivity contribution in [1.29, 1.82) is 0 Å². The molecule has 5 nitrogen and oxygen atoms in total. The van der Waals surface area contributed by atoms with Gasteiger partial charge in [-0.2, -0.15) is 0 Å². The first-order chi connectivity index (χ1) is 11.2. The minimum atomic E-state index is -0.0992. The number of ketones is 1. The molecule has 0 amide bonds. The molecule has 0 unspecified atom stereocenters. The van der Waals surface area contributed by atoms with Gasteiger partial charge in [0, 0.05) is 28.9 Å². The molecule has 116 valence electrons. The van der Waals surface area contributed by atoms with E-state index in [1.807, 2.05) is 17.5 Å². The Morgan fingerprint density at radius 2 is 1.96 bits per heavy atom. The van der Waals surface area contributed by atoms with Crippen LogP contribution in [-0.2, 0) is 0 Å². The summed E-state index contributed by atoms with van der Waals surface area (Å²) in [5.41, 5.74) is 1.38. The van der Waals surface area contributed by atoms with Gasteiger partial charge in [0.25, 0.3) is 0 Å². The van der Waals surface area contributed by atoms with Crippen molar-refractivity contribution < 1.29 is 14.3 Å². The largest absolute Gasteiger partial charge is 0.497 e. The van der Waals surface area contributed by atoms with Crippen molar-refractivity contribution >= 4 is 17.1 Å². The fourth-order valence-electron chi connectivity index (χ4n) is 2.04. The maximum Gasteiger partial charge on any atom is 0.321 e. The Morgan fingerprint density at radius 1 is 1.17 bits per heavy atom. The van der Waals surface area contributed by atoms with Crippen molar-refractivity contribution in [2.75, 3.05) is 7.11 Å². The van der Waals surface area contributed by atoms with Crippen LogP contribution < -0.4 is 9.47 Å². The highest BCUT2D eigenvalue weighted by atomic mass is 32.1. The van der Waals surface area contributed by atoms with E-state index in [4.69, 9.17) is 9.47 Å². The number of carbonyl (C=O) groups excluding carboxylic acids is 1. The number of aromatic nitrogens is 2. The monoisotopic (exact) mass is 326 g/mol.